The van der Waals surface area contributed by atoms with Crippen molar-refractivity contribution in [1.29, 1.82) is 0 Å². The molecule has 0 heterocycles. The molecule has 3 unspecified atom stereocenters. The molecule has 100 valence electrons. The van der Waals surface area contributed by atoms with Gasteiger partial charge in [-0.1, -0.05) is 25.5 Å². The van der Waals surface area contributed by atoms with Crippen LogP contribution in [0.4, 0.5) is 13.2 Å². The Kier molecular flexibility index (Phi) is 3.66. The molecule has 1 aromatic carbocycles. The van der Waals surface area contributed by atoms with Crippen molar-refractivity contribution >= 4 is 0 Å². The Bertz CT molecular complexity index is 414. The van der Waals surface area contributed by atoms with Crippen LogP contribution in [0.5, 0.6) is 0 Å². The second kappa shape index (κ2) is 4.92. The highest BCUT2D eigenvalue weighted by Gasteiger charge is 2.36. The molecule has 0 aliphatic heterocycles. The third kappa shape index (κ3) is 3.05. The molecule has 18 heavy (non-hydrogen) atoms. The predicted molar refractivity (Wildman–Crippen MR) is 65.2 cm³/mol. The first-order chi connectivity index (χ1) is 8.41. The fourth-order valence-electron chi connectivity index (χ4n) is 2.30. The fraction of sp³-hybridized carbons (Fsp3) is 0.571. The lowest BCUT2D eigenvalue weighted by Gasteiger charge is -2.16. The van der Waals surface area contributed by atoms with Crippen LogP contribution in [0.1, 0.15) is 43.9 Å². The van der Waals surface area contributed by atoms with E-state index in [0.717, 1.165) is 18.9 Å². The Hall–Kier alpha value is -1.03. The van der Waals surface area contributed by atoms with Crippen LogP contribution < -0.4 is 5.32 Å². The molecule has 0 saturated heterocycles. The van der Waals surface area contributed by atoms with Gasteiger partial charge in [0.05, 0.1) is 5.56 Å². The minimum Gasteiger partial charge on any atom is -0.307 e. The second-order valence-electron chi connectivity index (χ2n) is 5.02. The van der Waals surface area contributed by atoms with Gasteiger partial charge < -0.3 is 5.32 Å². The minimum atomic E-state index is -4.26. The van der Waals surface area contributed by atoms with Crippen LogP contribution in [0, 0.1) is 5.92 Å². The van der Waals surface area contributed by atoms with Gasteiger partial charge in [-0.05, 0) is 37.0 Å². The zero-order valence-corrected chi connectivity index (χ0v) is 10.6. The first-order valence-electron chi connectivity index (χ1n) is 6.35. The molecule has 1 aromatic rings. The highest BCUT2D eigenvalue weighted by atomic mass is 19.4. The van der Waals surface area contributed by atoms with E-state index in [1.165, 1.54) is 12.1 Å². The van der Waals surface area contributed by atoms with Gasteiger partial charge in [0.25, 0.3) is 0 Å². The third-order valence-electron chi connectivity index (χ3n) is 3.62. The quantitative estimate of drug-likeness (QED) is 0.854. The summed E-state index contributed by atoms with van der Waals surface area (Å²) >= 11 is 0. The van der Waals surface area contributed by atoms with E-state index in [-0.39, 0.29) is 6.04 Å². The standard InChI is InChI=1S/C14H18F3N/c1-3-10-8-13(10)18-9(2)11-5-4-6-12(7-11)14(15,16)17/h4-7,9-10,13,18H,3,8H2,1-2H3. The molecule has 1 fully saturated rings. The Morgan fingerprint density at radius 2 is 2.11 bits per heavy atom. The summed E-state index contributed by atoms with van der Waals surface area (Å²) in [6.07, 6.45) is -1.99. The summed E-state index contributed by atoms with van der Waals surface area (Å²) < 4.78 is 37.8. The summed E-state index contributed by atoms with van der Waals surface area (Å²) in [5.74, 6) is 0.693. The third-order valence-corrected chi connectivity index (χ3v) is 3.62. The molecule has 0 spiro atoms. The molecule has 1 aliphatic rings. The monoisotopic (exact) mass is 257 g/mol. The average Bonchev–Trinajstić information content (AvgIpc) is 3.06. The number of rotatable bonds is 4. The number of benzene rings is 1. The molecule has 0 aromatic heterocycles. The van der Waals surface area contributed by atoms with Gasteiger partial charge in [-0.15, -0.1) is 0 Å². The van der Waals surface area contributed by atoms with E-state index in [0.29, 0.717) is 17.5 Å². The van der Waals surface area contributed by atoms with Gasteiger partial charge in [-0.2, -0.15) is 13.2 Å². The number of hydrogen-bond acceptors (Lipinski definition) is 1. The molecule has 1 N–H and O–H groups in total. The lowest BCUT2D eigenvalue weighted by atomic mass is 10.0. The van der Waals surface area contributed by atoms with Crippen molar-refractivity contribution in [2.75, 3.05) is 0 Å². The molecule has 1 nitrogen and oxygen atoms in total. The van der Waals surface area contributed by atoms with Crippen molar-refractivity contribution in [3.8, 4) is 0 Å². The predicted octanol–water partition coefficient (Wildman–Crippen LogP) is 4.15. The number of alkyl halides is 3. The largest absolute Gasteiger partial charge is 0.416 e. The normalized spacial score (nSPS) is 24.9. The van der Waals surface area contributed by atoms with E-state index in [4.69, 9.17) is 0 Å². The highest BCUT2D eigenvalue weighted by molar-refractivity contribution is 5.28. The molecule has 0 amide bonds. The summed E-state index contributed by atoms with van der Waals surface area (Å²) in [5.41, 5.74) is 0.128. The van der Waals surface area contributed by atoms with E-state index in [2.05, 4.69) is 12.2 Å². The summed E-state index contributed by atoms with van der Waals surface area (Å²) in [5, 5.41) is 3.38. The summed E-state index contributed by atoms with van der Waals surface area (Å²) in [6.45, 7) is 4.06. The van der Waals surface area contributed by atoms with E-state index in [9.17, 15) is 13.2 Å². The summed E-state index contributed by atoms with van der Waals surface area (Å²) in [6, 6.07) is 6.01. The molecule has 2 rings (SSSR count). The molecule has 3 atom stereocenters. The van der Waals surface area contributed by atoms with Crippen LogP contribution in [0.25, 0.3) is 0 Å². The minimum absolute atomic E-state index is 0.0335. The topological polar surface area (TPSA) is 12.0 Å². The van der Waals surface area contributed by atoms with Gasteiger partial charge in [0, 0.05) is 12.1 Å². The van der Waals surface area contributed by atoms with Crippen LogP contribution >= 0.6 is 0 Å². The molecule has 0 bridgehead atoms. The number of hydrogen-bond donors (Lipinski definition) is 1. The molecule has 1 saturated carbocycles. The summed E-state index contributed by atoms with van der Waals surface area (Å²) in [7, 11) is 0. The lowest BCUT2D eigenvalue weighted by Crippen LogP contribution is -2.22. The molecular weight excluding hydrogens is 239 g/mol. The van der Waals surface area contributed by atoms with Crippen LogP contribution in [-0.4, -0.2) is 6.04 Å². The van der Waals surface area contributed by atoms with Crippen molar-refractivity contribution in [2.45, 2.75) is 44.9 Å². The van der Waals surface area contributed by atoms with E-state index in [1.54, 1.807) is 6.07 Å². The van der Waals surface area contributed by atoms with Gasteiger partial charge in [0.15, 0.2) is 0 Å². The van der Waals surface area contributed by atoms with Gasteiger partial charge in [-0.25, -0.2) is 0 Å². The maximum Gasteiger partial charge on any atom is 0.416 e. The molecule has 1 aliphatic carbocycles. The first-order valence-corrected chi connectivity index (χ1v) is 6.35. The zero-order chi connectivity index (χ0) is 13.3. The Morgan fingerprint density at radius 3 is 2.67 bits per heavy atom. The molecule has 4 heteroatoms. The van der Waals surface area contributed by atoms with E-state index < -0.39 is 11.7 Å². The van der Waals surface area contributed by atoms with Crippen molar-refractivity contribution in [3.63, 3.8) is 0 Å². The first kappa shape index (κ1) is 13.4. The average molecular weight is 257 g/mol. The van der Waals surface area contributed by atoms with Crippen molar-refractivity contribution < 1.29 is 13.2 Å². The Morgan fingerprint density at radius 1 is 1.39 bits per heavy atom. The van der Waals surface area contributed by atoms with Gasteiger partial charge in [0.1, 0.15) is 0 Å². The Balaban J connectivity index is 2.04. The van der Waals surface area contributed by atoms with Gasteiger partial charge in [-0.3, -0.25) is 0 Å². The van der Waals surface area contributed by atoms with Crippen molar-refractivity contribution in [2.24, 2.45) is 5.92 Å². The zero-order valence-electron chi connectivity index (χ0n) is 10.6. The van der Waals surface area contributed by atoms with Gasteiger partial charge >= 0.3 is 6.18 Å². The summed E-state index contributed by atoms with van der Waals surface area (Å²) in [4.78, 5) is 0. The van der Waals surface area contributed by atoms with E-state index >= 15 is 0 Å². The second-order valence-corrected chi connectivity index (χ2v) is 5.02. The number of nitrogens with one attached hydrogen (secondary N) is 1. The van der Waals surface area contributed by atoms with E-state index in [1.807, 2.05) is 6.92 Å². The van der Waals surface area contributed by atoms with Gasteiger partial charge in [0.2, 0.25) is 0 Å². The lowest BCUT2D eigenvalue weighted by molar-refractivity contribution is -0.137. The van der Waals surface area contributed by atoms with Crippen LogP contribution in [0.3, 0.4) is 0 Å². The maximum absolute atomic E-state index is 12.6. The fourth-order valence-corrected chi connectivity index (χ4v) is 2.30. The van der Waals surface area contributed by atoms with Crippen LogP contribution in [0.15, 0.2) is 24.3 Å². The molecule has 0 radical (unpaired) electrons. The number of halogens is 3. The smallest absolute Gasteiger partial charge is 0.307 e. The SMILES string of the molecule is CCC1CC1NC(C)c1cccc(C(F)(F)F)c1. The molecular formula is C14H18F3N. The Labute approximate surface area is 105 Å². The van der Waals surface area contributed by atoms with Crippen LogP contribution in [-0.2, 0) is 6.18 Å². The van der Waals surface area contributed by atoms with Crippen molar-refractivity contribution in [3.05, 3.63) is 35.4 Å². The highest BCUT2D eigenvalue weighted by Crippen LogP contribution is 2.36. The maximum atomic E-state index is 12.6. The van der Waals surface area contributed by atoms with Crippen molar-refractivity contribution in [1.82, 2.24) is 5.32 Å². The van der Waals surface area contributed by atoms with Crippen LogP contribution in [0.2, 0.25) is 0 Å².